The van der Waals surface area contributed by atoms with Crippen molar-refractivity contribution in [1.29, 1.82) is 0 Å². The molecule has 0 spiro atoms. The molecular weight excluding hydrogens is 990 g/mol. The van der Waals surface area contributed by atoms with Gasteiger partial charge in [-0.25, -0.2) is 19.2 Å². The Bertz CT molecular complexity index is 3120. The molecule has 8 nitrogen and oxygen atoms in total. The summed E-state index contributed by atoms with van der Waals surface area (Å²) in [6.07, 6.45) is 0. The quantitative estimate of drug-likeness (QED) is 0.0787. The Morgan fingerprint density at radius 2 is 0.472 bits per heavy atom. The third-order valence-electron chi connectivity index (χ3n) is 12.6. The van der Waals surface area contributed by atoms with E-state index < -0.39 is 35.7 Å². The third kappa shape index (κ3) is 9.73. The van der Waals surface area contributed by atoms with Gasteiger partial charge in [0.05, 0.1) is 42.3 Å². The molecule has 0 atom stereocenters. The molecule has 12 heteroatoms. The first kappa shape index (κ1) is 49.0. The van der Waals surface area contributed by atoms with Gasteiger partial charge in [-0.05, 0) is 126 Å². The lowest BCUT2D eigenvalue weighted by molar-refractivity contribution is 0.0687. The highest BCUT2D eigenvalue weighted by molar-refractivity contribution is 6.36. The molecule has 9 aromatic rings. The Hall–Kier alpha value is -7.98. The maximum absolute atomic E-state index is 12.8. The van der Waals surface area contributed by atoms with Crippen LogP contribution in [0.15, 0.2) is 194 Å². The van der Waals surface area contributed by atoms with E-state index >= 15 is 0 Å². The highest BCUT2D eigenvalue weighted by Gasteiger charge is 2.30. The second-order valence-electron chi connectivity index (χ2n) is 16.9. The second kappa shape index (κ2) is 20.8. The number of halogens is 4. The van der Waals surface area contributed by atoms with Crippen LogP contribution in [0.1, 0.15) is 86.6 Å². The fourth-order valence-electron chi connectivity index (χ4n) is 9.46. The molecule has 0 radical (unpaired) electrons. The summed E-state index contributed by atoms with van der Waals surface area (Å²) >= 11 is 27.8. The molecule has 0 bridgehead atoms. The SMILES string of the molecule is O=C(O)c1c(Cl)cc(C(c2ccc(C(c3cc(Cl)c(C(=O)O)c(-c4ccccc4)c3)c3cc(Cl)c(C(=O)O)c(-c4ccccc4)c3)cc2)c2cc(Cl)c(C(=O)O)c(-c3ccccc3)c2)cc1-c1ccccc1. The van der Waals surface area contributed by atoms with E-state index in [0.29, 0.717) is 77.9 Å². The summed E-state index contributed by atoms with van der Waals surface area (Å²) in [4.78, 5) is 51.3. The van der Waals surface area contributed by atoms with E-state index in [1.807, 2.05) is 48.5 Å². The van der Waals surface area contributed by atoms with Crippen LogP contribution in [0.25, 0.3) is 44.5 Å². The van der Waals surface area contributed by atoms with Gasteiger partial charge in [-0.2, -0.15) is 0 Å². The summed E-state index contributed by atoms with van der Waals surface area (Å²) in [5.74, 6) is -6.39. The van der Waals surface area contributed by atoms with Crippen LogP contribution < -0.4 is 0 Å². The van der Waals surface area contributed by atoms with Gasteiger partial charge in [0.25, 0.3) is 0 Å². The van der Waals surface area contributed by atoms with Crippen molar-refractivity contribution < 1.29 is 39.6 Å². The van der Waals surface area contributed by atoms with Gasteiger partial charge in [-0.15, -0.1) is 0 Å². The molecule has 0 amide bonds. The predicted molar refractivity (Wildman–Crippen MR) is 284 cm³/mol. The zero-order chi connectivity index (χ0) is 50.8. The smallest absolute Gasteiger partial charge is 0.337 e. The van der Waals surface area contributed by atoms with Crippen molar-refractivity contribution in [3.8, 4) is 44.5 Å². The number of hydrogen-bond acceptors (Lipinski definition) is 4. The van der Waals surface area contributed by atoms with Crippen molar-refractivity contribution in [2.24, 2.45) is 0 Å². The van der Waals surface area contributed by atoms with Crippen molar-refractivity contribution in [3.05, 3.63) is 270 Å². The second-order valence-corrected chi connectivity index (χ2v) is 18.5. The first-order valence-electron chi connectivity index (χ1n) is 22.3. The van der Waals surface area contributed by atoms with Crippen molar-refractivity contribution in [1.82, 2.24) is 0 Å². The fraction of sp³-hybridized carbons (Fsp3) is 0.0333. The van der Waals surface area contributed by atoms with Crippen molar-refractivity contribution >= 4 is 70.3 Å². The number of carboxylic acids is 4. The van der Waals surface area contributed by atoms with Crippen LogP contribution in [0, 0.1) is 0 Å². The topological polar surface area (TPSA) is 149 Å². The summed E-state index contributed by atoms with van der Waals surface area (Å²) in [6.45, 7) is 0. The molecule has 0 aliphatic rings. The maximum atomic E-state index is 12.8. The van der Waals surface area contributed by atoms with Crippen LogP contribution in [-0.2, 0) is 0 Å². The molecule has 72 heavy (non-hydrogen) atoms. The van der Waals surface area contributed by atoms with Crippen LogP contribution >= 0.6 is 46.4 Å². The first-order valence-corrected chi connectivity index (χ1v) is 23.8. The maximum Gasteiger partial charge on any atom is 0.337 e. The van der Waals surface area contributed by atoms with Gasteiger partial charge in [-0.1, -0.05) is 192 Å². The van der Waals surface area contributed by atoms with E-state index in [1.165, 1.54) is 0 Å². The fourth-order valence-corrected chi connectivity index (χ4v) is 10.7. The van der Waals surface area contributed by atoms with Crippen LogP contribution in [0.5, 0.6) is 0 Å². The minimum atomic E-state index is -1.23. The van der Waals surface area contributed by atoms with E-state index in [0.717, 1.165) is 0 Å². The molecule has 9 rings (SSSR count). The molecule has 0 unspecified atom stereocenters. The molecule has 0 saturated carbocycles. The number of aromatic carboxylic acids is 4. The van der Waals surface area contributed by atoms with Gasteiger partial charge in [0.15, 0.2) is 0 Å². The van der Waals surface area contributed by atoms with Crippen LogP contribution in [0.2, 0.25) is 20.1 Å². The molecule has 4 N–H and O–H groups in total. The molecule has 0 aromatic heterocycles. The number of carbonyl (C=O) groups is 4. The lowest BCUT2D eigenvalue weighted by Crippen LogP contribution is -2.11. The van der Waals surface area contributed by atoms with Gasteiger partial charge in [0.1, 0.15) is 0 Å². The highest BCUT2D eigenvalue weighted by Crippen LogP contribution is 2.45. The Morgan fingerprint density at radius 3 is 0.653 bits per heavy atom. The van der Waals surface area contributed by atoms with Gasteiger partial charge in [0.2, 0.25) is 0 Å². The largest absolute Gasteiger partial charge is 0.478 e. The van der Waals surface area contributed by atoms with E-state index in [-0.39, 0.29) is 42.3 Å². The summed E-state index contributed by atoms with van der Waals surface area (Å²) < 4.78 is 0. The molecule has 354 valence electrons. The number of rotatable bonds is 14. The zero-order valence-electron chi connectivity index (χ0n) is 37.6. The molecule has 9 aromatic carbocycles. The minimum absolute atomic E-state index is 0.0242. The standard InChI is InChI=1S/C60H38Cl4O8/c61-47-29-39(25-43(53(47)57(65)66)33-13-5-1-6-14-33)51(40-26-44(34-15-7-2-8-16-34)54(58(67)68)48(62)30-40)37-21-23-38(24-22-37)52(41-27-45(35-17-9-3-10-18-35)55(59(69)70)49(63)31-41)42-28-46(36-19-11-4-12-20-36)56(60(71)72)50(64)32-42/h1-32,51-52H,(H,65,66)(H,67,68)(H,69,70)(H,71,72). The van der Waals surface area contributed by atoms with Gasteiger partial charge in [0, 0.05) is 11.8 Å². The highest BCUT2D eigenvalue weighted by atomic mass is 35.5. The Balaban J connectivity index is 1.31. The number of hydrogen-bond donors (Lipinski definition) is 4. The third-order valence-corrected chi connectivity index (χ3v) is 13.8. The van der Waals surface area contributed by atoms with E-state index in [4.69, 9.17) is 46.4 Å². The van der Waals surface area contributed by atoms with Crippen molar-refractivity contribution in [3.63, 3.8) is 0 Å². The van der Waals surface area contributed by atoms with Crippen molar-refractivity contribution in [2.75, 3.05) is 0 Å². The summed E-state index contributed by atoms with van der Waals surface area (Å²) in [6, 6.07) is 56.9. The monoisotopic (exact) mass is 1030 g/mol. The Morgan fingerprint density at radius 1 is 0.278 bits per heavy atom. The van der Waals surface area contributed by atoms with Crippen LogP contribution in [-0.4, -0.2) is 44.3 Å². The molecule has 0 saturated heterocycles. The Labute approximate surface area is 433 Å². The minimum Gasteiger partial charge on any atom is -0.478 e. The van der Waals surface area contributed by atoms with Crippen LogP contribution in [0.3, 0.4) is 0 Å². The van der Waals surface area contributed by atoms with Crippen molar-refractivity contribution in [2.45, 2.75) is 11.8 Å². The first-order chi connectivity index (χ1) is 34.7. The predicted octanol–water partition coefficient (Wildman–Crippen LogP) is 16.1. The average Bonchev–Trinajstić information content (AvgIpc) is 3.37. The normalized spacial score (nSPS) is 11.2. The number of carboxylic acid groups (broad SMARTS) is 4. The van der Waals surface area contributed by atoms with Crippen LogP contribution in [0.4, 0.5) is 0 Å². The summed E-state index contributed by atoms with van der Waals surface area (Å²) in [7, 11) is 0. The number of benzene rings is 9. The summed E-state index contributed by atoms with van der Waals surface area (Å²) in [5, 5.41) is 41.8. The average molecular weight is 1030 g/mol. The molecular formula is C60H38Cl4O8. The Kier molecular flexibility index (Phi) is 14.1. The van der Waals surface area contributed by atoms with E-state index in [1.54, 1.807) is 146 Å². The summed E-state index contributed by atoms with van der Waals surface area (Å²) in [5.41, 5.74) is 7.05. The van der Waals surface area contributed by atoms with Gasteiger partial charge >= 0.3 is 23.9 Å². The van der Waals surface area contributed by atoms with Gasteiger partial charge in [-0.3, -0.25) is 0 Å². The lowest BCUT2D eigenvalue weighted by atomic mass is 9.79. The molecule has 0 heterocycles. The van der Waals surface area contributed by atoms with E-state index in [2.05, 4.69) is 0 Å². The zero-order valence-corrected chi connectivity index (χ0v) is 40.6. The van der Waals surface area contributed by atoms with E-state index in [9.17, 15) is 39.6 Å². The molecule has 0 fully saturated rings. The van der Waals surface area contributed by atoms with Gasteiger partial charge < -0.3 is 20.4 Å². The molecule has 0 aliphatic carbocycles. The molecule has 0 aliphatic heterocycles. The lowest BCUT2D eigenvalue weighted by Gasteiger charge is -2.25.